The van der Waals surface area contributed by atoms with E-state index in [1.165, 1.54) is 18.3 Å². The van der Waals surface area contributed by atoms with Crippen LogP contribution in [0.1, 0.15) is 70.2 Å². The smallest absolute Gasteiger partial charge is 0.325 e. The van der Waals surface area contributed by atoms with Crippen LogP contribution in [0.15, 0.2) is 0 Å². The molecule has 28 heavy (non-hydrogen) atoms. The summed E-state index contributed by atoms with van der Waals surface area (Å²) in [5.41, 5.74) is -2.81. The van der Waals surface area contributed by atoms with Gasteiger partial charge in [-0.05, 0) is 32.6 Å². The van der Waals surface area contributed by atoms with E-state index in [9.17, 15) is 19.5 Å². The number of carbonyl (C=O) groups is 3. The Morgan fingerprint density at radius 1 is 1.32 bits per heavy atom. The summed E-state index contributed by atoms with van der Waals surface area (Å²) >= 11 is 1.27. The van der Waals surface area contributed by atoms with E-state index >= 15 is 0 Å². The minimum absolute atomic E-state index is 0.275. The van der Waals surface area contributed by atoms with Crippen LogP contribution < -0.4 is 10.6 Å². The summed E-state index contributed by atoms with van der Waals surface area (Å²) in [6.07, 6.45) is 4.76. The van der Waals surface area contributed by atoms with E-state index in [-0.39, 0.29) is 17.0 Å². The monoisotopic (exact) mass is 409 g/mol. The highest BCUT2D eigenvalue weighted by atomic mass is 32.1. The number of β-amino-alcohol motifs (C(OH)–C–C–N with tert-alkyl or cyclic N) is 1. The fourth-order valence-corrected chi connectivity index (χ4v) is 4.84. The molecule has 0 bridgehead atoms. The standard InChI is InChI=1S/C18H27N5O4S/c1-4-11(5-2)12-21-22-15(28-12)19-13(24)17(3,27)10-23-14(25)18(20-16(23)26)8-6-7-9-18/h11,27H,4-10H2,1-3H3,(H,20,26)(H,19,22,24)/t17-/m1/s1. The van der Waals surface area contributed by atoms with Crippen molar-refractivity contribution in [3.05, 3.63) is 5.01 Å². The van der Waals surface area contributed by atoms with Gasteiger partial charge in [0.25, 0.3) is 11.8 Å². The van der Waals surface area contributed by atoms with Crippen molar-refractivity contribution in [2.24, 2.45) is 0 Å². The minimum Gasteiger partial charge on any atom is -0.378 e. The van der Waals surface area contributed by atoms with Crippen molar-refractivity contribution in [2.75, 3.05) is 11.9 Å². The second kappa shape index (κ2) is 7.75. The van der Waals surface area contributed by atoms with Crippen molar-refractivity contribution in [2.45, 2.75) is 76.4 Å². The molecule has 2 heterocycles. The molecule has 1 aromatic heterocycles. The number of carbonyl (C=O) groups excluding carboxylic acids is 3. The van der Waals surface area contributed by atoms with E-state index < -0.39 is 29.6 Å². The maximum Gasteiger partial charge on any atom is 0.325 e. The summed E-state index contributed by atoms with van der Waals surface area (Å²) < 4.78 is 0. The van der Waals surface area contributed by atoms with Gasteiger partial charge in [0.2, 0.25) is 5.13 Å². The normalized spacial score (nSPS) is 20.7. The Kier molecular flexibility index (Phi) is 5.72. The lowest BCUT2D eigenvalue weighted by atomic mass is 9.97. The van der Waals surface area contributed by atoms with Crippen LogP contribution in [0.3, 0.4) is 0 Å². The summed E-state index contributed by atoms with van der Waals surface area (Å²) in [6, 6.07) is -0.563. The summed E-state index contributed by atoms with van der Waals surface area (Å²) in [6.45, 7) is 5.00. The Bertz CT molecular complexity index is 768. The summed E-state index contributed by atoms with van der Waals surface area (Å²) in [7, 11) is 0. The van der Waals surface area contributed by atoms with Gasteiger partial charge >= 0.3 is 6.03 Å². The number of anilines is 1. The molecule has 4 amide bonds. The summed E-state index contributed by atoms with van der Waals surface area (Å²) in [4.78, 5) is 38.5. The Morgan fingerprint density at radius 2 is 1.96 bits per heavy atom. The van der Waals surface area contributed by atoms with Crippen LogP contribution in [0.5, 0.6) is 0 Å². The van der Waals surface area contributed by atoms with Crippen molar-refractivity contribution in [1.29, 1.82) is 0 Å². The van der Waals surface area contributed by atoms with Crippen LogP contribution in [-0.2, 0) is 9.59 Å². The SMILES string of the molecule is CCC(CC)c1nnc(NC(=O)[C@](C)(O)CN2C(=O)NC3(CCCC3)C2=O)s1. The molecule has 1 aliphatic heterocycles. The van der Waals surface area contributed by atoms with Crippen LogP contribution in [0.25, 0.3) is 0 Å². The average Bonchev–Trinajstić information content (AvgIpc) is 3.35. The number of aromatic nitrogens is 2. The van der Waals surface area contributed by atoms with Crippen molar-refractivity contribution in [1.82, 2.24) is 20.4 Å². The summed E-state index contributed by atoms with van der Waals surface area (Å²) in [5.74, 6) is -0.820. The van der Waals surface area contributed by atoms with E-state index in [4.69, 9.17) is 0 Å². The molecule has 1 saturated carbocycles. The number of urea groups is 1. The van der Waals surface area contributed by atoms with Crippen molar-refractivity contribution >= 4 is 34.3 Å². The first kappa shape index (κ1) is 20.7. The van der Waals surface area contributed by atoms with Gasteiger partial charge < -0.3 is 10.4 Å². The highest BCUT2D eigenvalue weighted by Crippen LogP contribution is 2.35. The predicted molar refractivity (Wildman–Crippen MR) is 104 cm³/mol. The minimum atomic E-state index is -1.95. The first-order valence-electron chi connectivity index (χ1n) is 9.73. The molecule has 1 aliphatic carbocycles. The van der Waals surface area contributed by atoms with E-state index in [0.717, 1.165) is 35.6 Å². The Labute approximate surface area is 167 Å². The van der Waals surface area contributed by atoms with Crippen molar-refractivity contribution in [3.63, 3.8) is 0 Å². The predicted octanol–water partition coefficient (Wildman–Crippen LogP) is 2.00. The van der Waals surface area contributed by atoms with Crippen LogP contribution in [0.4, 0.5) is 9.93 Å². The van der Waals surface area contributed by atoms with Gasteiger partial charge in [-0.3, -0.25) is 19.8 Å². The average molecular weight is 410 g/mol. The number of nitrogens with one attached hydrogen (secondary N) is 2. The number of aliphatic hydroxyl groups is 1. The molecule has 2 fully saturated rings. The Balaban J connectivity index is 1.66. The molecule has 10 heteroatoms. The lowest BCUT2D eigenvalue weighted by Crippen LogP contribution is -2.52. The molecule has 1 atom stereocenters. The van der Waals surface area contributed by atoms with Crippen molar-refractivity contribution < 1.29 is 19.5 Å². The molecular weight excluding hydrogens is 382 g/mol. The highest BCUT2D eigenvalue weighted by Gasteiger charge is 2.54. The van der Waals surface area contributed by atoms with Gasteiger partial charge in [-0.25, -0.2) is 4.79 Å². The molecule has 0 unspecified atom stereocenters. The Hall–Kier alpha value is -2.07. The molecule has 0 aromatic carbocycles. The van der Waals surface area contributed by atoms with Crippen LogP contribution in [0.2, 0.25) is 0 Å². The lowest BCUT2D eigenvalue weighted by molar-refractivity contribution is -0.139. The molecule has 3 rings (SSSR count). The lowest BCUT2D eigenvalue weighted by Gasteiger charge is -2.26. The van der Waals surface area contributed by atoms with Gasteiger partial charge in [-0.2, -0.15) is 0 Å². The number of imide groups is 1. The van der Waals surface area contributed by atoms with Gasteiger partial charge in [-0.15, -0.1) is 10.2 Å². The van der Waals surface area contributed by atoms with Gasteiger partial charge in [-0.1, -0.05) is 38.0 Å². The maximum absolute atomic E-state index is 12.7. The van der Waals surface area contributed by atoms with Gasteiger partial charge in [0, 0.05) is 5.92 Å². The number of amides is 4. The number of nitrogens with zero attached hydrogens (tertiary/aromatic N) is 3. The van der Waals surface area contributed by atoms with Crippen LogP contribution in [0, 0.1) is 0 Å². The first-order chi connectivity index (χ1) is 13.2. The quantitative estimate of drug-likeness (QED) is 0.592. The summed E-state index contributed by atoms with van der Waals surface area (Å²) in [5, 5.41) is 25.2. The second-order valence-electron chi connectivity index (χ2n) is 7.80. The van der Waals surface area contributed by atoms with E-state index in [1.54, 1.807) is 0 Å². The van der Waals surface area contributed by atoms with E-state index in [0.29, 0.717) is 12.8 Å². The molecule has 9 nitrogen and oxygen atoms in total. The topological polar surface area (TPSA) is 125 Å². The fraction of sp³-hybridized carbons (Fsp3) is 0.722. The van der Waals surface area contributed by atoms with Crippen molar-refractivity contribution in [3.8, 4) is 0 Å². The highest BCUT2D eigenvalue weighted by molar-refractivity contribution is 7.15. The third kappa shape index (κ3) is 3.75. The first-order valence-corrected chi connectivity index (χ1v) is 10.6. The van der Waals surface area contributed by atoms with E-state index in [1.807, 2.05) is 0 Å². The molecule has 1 saturated heterocycles. The fourth-order valence-electron chi connectivity index (χ4n) is 3.84. The maximum atomic E-state index is 12.7. The second-order valence-corrected chi connectivity index (χ2v) is 8.81. The molecule has 154 valence electrons. The number of hydrogen-bond donors (Lipinski definition) is 3. The zero-order chi connectivity index (χ0) is 20.5. The van der Waals surface area contributed by atoms with Crippen LogP contribution >= 0.6 is 11.3 Å². The Morgan fingerprint density at radius 3 is 2.57 bits per heavy atom. The molecule has 1 spiro atoms. The molecule has 1 aromatic rings. The number of rotatable bonds is 7. The number of hydrogen-bond acceptors (Lipinski definition) is 7. The third-order valence-electron chi connectivity index (χ3n) is 5.65. The largest absolute Gasteiger partial charge is 0.378 e. The zero-order valence-corrected chi connectivity index (χ0v) is 17.3. The molecular formula is C18H27N5O4S. The van der Waals surface area contributed by atoms with Gasteiger partial charge in [0.05, 0.1) is 6.54 Å². The van der Waals surface area contributed by atoms with Crippen LogP contribution in [-0.4, -0.2) is 55.7 Å². The van der Waals surface area contributed by atoms with Gasteiger partial charge in [0.15, 0.2) is 5.60 Å². The molecule has 2 aliphatic rings. The third-order valence-corrected chi connectivity index (χ3v) is 6.66. The van der Waals surface area contributed by atoms with Gasteiger partial charge in [0.1, 0.15) is 10.5 Å². The molecule has 0 radical (unpaired) electrons. The molecule has 3 N–H and O–H groups in total. The zero-order valence-electron chi connectivity index (χ0n) is 16.4. The van der Waals surface area contributed by atoms with E-state index in [2.05, 4.69) is 34.7 Å².